The lowest BCUT2D eigenvalue weighted by Crippen LogP contribution is -2.07. The second-order valence-corrected chi connectivity index (χ2v) is 4.01. The first-order valence-electron chi connectivity index (χ1n) is 5.66. The van der Waals surface area contributed by atoms with E-state index in [9.17, 15) is 4.79 Å². The molecule has 0 bridgehead atoms. The summed E-state index contributed by atoms with van der Waals surface area (Å²) in [6, 6.07) is 6.93. The van der Waals surface area contributed by atoms with E-state index in [1.807, 2.05) is 0 Å². The van der Waals surface area contributed by atoms with E-state index in [1.54, 1.807) is 31.2 Å². The smallest absolute Gasteiger partial charge is 0.378 e. The van der Waals surface area contributed by atoms with E-state index in [4.69, 9.17) is 21.1 Å². The number of H-pyrrole nitrogens is 1. The topological polar surface area (TPSA) is 77.1 Å². The number of nitrogens with one attached hydrogen (secondary N) is 1. The Balaban J connectivity index is 1.93. The van der Waals surface area contributed by atoms with Crippen LogP contribution >= 0.6 is 11.6 Å². The Hall–Kier alpha value is -2.08. The van der Waals surface area contributed by atoms with Gasteiger partial charge in [0.15, 0.2) is 5.82 Å². The van der Waals surface area contributed by atoms with Crippen LogP contribution in [0.5, 0.6) is 5.75 Å². The van der Waals surface area contributed by atoms with Crippen LogP contribution in [0.3, 0.4) is 0 Å². The zero-order valence-corrected chi connectivity index (χ0v) is 11.0. The molecule has 7 heteroatoms. The van der Waals surface area contributed by atoms with Crippen LogP contribution in [0.2, 0.25) is 5.02 Å². The minimum absolute atomic E-state index is 0.00319. The number of aromatic nitrogens is 3. The van der Waals surface area contributed by atoms with Crippen LogP contribution in [-0.2, 0) is 11.3 Å². The quantitative estimate of drug-likeness (QED) is 0.850. The van der Waals surface area contributed by atoms with E-state index < -0.39 is 5.97 Å². The molecule has 1 heterocycles. The van der Waals surface area contributed by atoms with Crippen molar-refractivity contribution < 1.29 is 14.3 Å². The summed E-state index contributed by atoms with van der Waals surface area (Å²) in [5, 5.41) is 7.00. The van der Waals surface area contributed by atoms with Crippen molar-refractivity contribution in [1.29, 1.82) is 0 Å². The molecule has 19 heavy (non-hydrogen) atoms. The largest absolute Gasteiger partial charge is 0.486 e. The Kier molecular flexibility index (Phi) is 4.35. The van der Waals surface area contributed by atoms with Gasteiger partial charge in [0.25, 0.3) is 5.82 Å². The van der Waals surface area contributed by atoms with Gasteiger partial charge in [-0.2, -0.15) is 0 Å². The minimum Gasteiger partial charge on any atom is -0.486 e. The molecule has 0 saturated heterocycles. The number of halogens is 1. The van der Waals surface area contributed by atoms with Gasteiger partial charge in [0.1, 0.15) is 12.4 Å². The number of aromatic amines is 1. The third kappa shape index (κ3) is 3.69. The molecular weight excluding hydrogens is 270 g/mol. The van der Waals surface area contributed by atoms with Crippen molar-refractivity contribution in [3.63, 3.8) is 0 Å². The summed E-state index contributed by atoms with van der Waals surface area (Å²) in [5.41, 5.74) is 0. The molecule has 6 nitrogen and oxygen atoms in total. The van der Waals surface area contributed by atoms with Gasteiger partial charge in [0.2, 0.25) is 0 Å². The fraction of sp³-hybridized carbons (Fsp3) is 0.250. The average molecular weight is 282 g/mol. The monoisotopic (exact) mass is 281 g/mol. The Labute approximate surface area is 114 Å². The maximum absolute atomic E-state index is 11.3. The highest BCUT2D eigenvalue weighted by atomic mass is 35.5. The molecule has 0 aliphatic heterocycles. The second-order valence-electron chi connectivity index (χ2n) is 3.57. The molecule has 1 aromatic carbocycles. The van der Waals surface area contributed by atoms with Crippen molar-refractivity contribution in [2.45, 2.75) is 13.5 Å². The van der Waals surface area contributed by atoms with Gasteiger partial charge in [-0.15, -0.1) is 5.10 Å². The Morgan fingerprint density at radius 3 is 2.79 bits per heavy atom. The number of carbonyl (C=O) groups is 1. The Bertz CT molecular complexity index is 554. The van der Waals surface area contributed by atoms with Gasteiger partial charge in [-0.05, 0) is 31.2 Å². The third-order valence-electron chi connectivity index (χ3n) is 2.18. The average Bonchev–Trinajstić information content (AvgIpc) is 2.87. The van der Waals surface area contributed by atoms with E-state index >= 15 is 0 Å². The van der Waals surface area contributed by atoms with Gasteiger partial charge in [-0.3, -0.25) is 5.10 Å². The van der Waals surface area contributed by atoms with Crippen molar-refractivity contribution in [2.24, 2.45) is 0 Å². The molecule has 2 aromatic rings. The second kappa shape index (κ2) is 6.19. The normalized spacial score (nSPS) is 10.2. The van der Waals surface area contributed by atoms with Gasteiger partial charge in [0, 0.05) is 5.02 Å². The van der Waals surface area contributed by atoms with Crippen LogP contribution in [0.1, 0.15) is 23.4 Å². The standard InChI is InChI=1S/C12H12ClN3O3/c1-2-18-12(17)11-14-10(15-16-11)7-19-9-5-3-8(13)4-6-9/h3-6H,2,7H2,1H3,(H,14,15,16). The fourth-order valence-corrected chi connectivity index (χ4v) is 1.46. The molecule has 100 valence electrons. The van der Waals surface area contributed by atoms with Crippen molar-refractivity contribution in [3.05, 3.63) is 40.9 Å². The van der Waals surface area contributed by atoms with Crippen LogP contribution in [0.25, 0.3) is 0 Å². The van der Waals surface area contributed by atoms with E-state index in [0.717, 1.165) is 0 Å². The van der Waals surface area contributed by atoms with E-state index in [-0.39, 0.29) is 19.0 Å². The van der Waals surface area contributed by atoms with Crippen LogP contribution in [0.4, 0.5) is 0 Å². The molecule has 0 saturated carbocycles. The molecule has 1 aromatic heterocycles. The van der Waals surface area contributed by atoms with E-state index in [0.29, 0.717) is 16.6 Å². The summed E-state index contributed by atoms with van der Waals surface area (Å²) >= 11 is 5.76. The lowest BCUT2D eigenvalue weighted by Gasteiger charge is -2.03. The first kappa shape index (κ1) is 13.4. The van der Waals surface area contributed by atoms with E-state index in [1.165, 1.54) is 0 Å². The van der Waals surface area contributed by atoms with Crippen molar-refractivity contribution in [1.82, 2.24) is 15.2 Å². The lowest BCUT2D eigenvalue weighted by molar-refractivity contribution is 0.0512. The molecule has 0 amide bonds. The van der Waals surface area contributed by atoms with Crippen LogP contribution in [0.15, 0.2) is 24.3 Å². The molecular formula is C12H12ClN3O3. The summed E-state index contributed by atoms with van der Waals surface area (Å²) in [5.74, 6) is 0.532. The summed E-state index contributed by atoms with van der Waals surface area (Å²) in [4.78, 5) is 15.3. The van der Waals surface area contributed by atoms with E-state index in [2.05, 4.69) is 15.2 Å². The first-order valence-corrected chi connectivity index (χ1v) is 6.03. The highest BCUT2D eigenvalue weighted by Gasteiger charge is 2.13. The summed E-state index contributed by atoms with van der Waals surface area (Å²) in [7, 11) is 0. The zero-order chi connectivity index (χ0) is 13.7. The minimum atomic E-state index is -0.559. The van der Waals surface area contributed by atoms with Gasteiger partial charge in [0.05, 0.1) is 6.61 Å². The number of hydrogen-bond acceptors (Lipinski definition) is 5. The Morgan fingerprint density at radius 2 is 2.11 bits per heavy atom. The van der Waals surface area contributed by atoms with Crippen LogP contribution in [0, 0.1) is 0 Å². The molecule has 0 atom stereocenters. The summed E-state index contributed by atoms with van der Waals surface area (Å²) in [6.07, 6.45) is 0. The summed E-state index contributed by atoms with van der Waals surface area (Å²) in [6.45, 7) is 2.17. The molecule has 0 radical (unpaired) electrons. The highest BCUT2D eigenvalue weighted by Crippen LogP contribution is 2.16. The van der Waals surface area contributed by atoms with Gasteiger partial charge in [-0.25, -0.2) is 9.78 Å². The highest BCUT2D eigenvalue weighted by molar-refractivity contribution is 6.30. The lowest BCUT2D eigenvalue weighted by atomic mass is 10.3. The molecule has 0 unspecified atom stereocenters. The van der Waals surface area contributed by atoms with Crippen molar-refractivity contribution in [3.8, 4) is 5.75 Å². The first-order chi connectivity index (χ1) is 9.19. The number of hydrogen-bond donors (Lipinski definition) is 1. The SMILES string of the molecule is CCOC(=O)c1n[nH]c(COc2ccc(Cl)cc2)n1. The third-order valence-corrected chi connectivity index (χ3v) is 2.43. The maximum Gasteiger partial charge on any atom is 0.378 e. The van der Waals surface area contributed by atoms with Crippen molar-refractivity contribution in [2.75, 3.05) is 6.61 Å². The molecule has 0 aliphatic carbocycles. The molecule has 0 aliphatic rings. The maximum atomic E-state index is 11.3. The number of esters is 1. The van der Waals surface area contributed by atoms with Crippen LogP contribution in [-0.4, -0.2) is 27.8 Å². The van der Waals surface area contributed by atoms with Gasteiger partial charge in [-0.1, -0.05) is 11.6 Å². The summed E-state index contributed by atoms with van der Waals surface area (Å²) < 4.78 is 10.2. The van der Waals surface area contributed by atoms with Gasteiger partial charge < -0.3 is 9.47 Å². The fourth-order valence-electron chi connectivity index (χ4n) is 1.33. The molecule has 0 spiro atoms. The zero-order valence-electron chi connectivity index (χ0n) is 10.2. The molecule has 0 fully saturated rings. The number of rotatable bonds is 5. The molecule has 1 N–H and O–H groups in total. The van der Waals surface area contributed by atoms with Crippen molar-refractivity contribution >= 4 is 17.6 Å². The molecule has 2 rings (SSSR count). The number of benzene rings is 1. The Morgan fingerprint density at radius 1 is 1.37 bits per heavy atom. The number of carbonyl (C=O) groups excluding carboxylic acids is 1. The number of nitrogens with zero attached hydrogens (tertiary/aromatic N) is 2. The predicted molar refractivity (Wildman–Crippen MR) is 68.1 cm³/mol. The van der Waals surface area contributed by atoms with Gasteiger partial charge >= 0.3 is 5.97 Å². The number of ether oxygens (including phenoxy) is 2. The predicted octanol–water partition coefficient (Wildman–Crippen LogP) is 2.21. The van der Waals surface area contributed by atoms with Crippen LogP contribution < -0.4 is 4.74 Å².